The Morgan fingerprint density at radius 1 is 1.41 bits per heavy atom. The summed E-state index contributed by atoms with van der Waals surface area (Å²) in [7, 11) is 0. The van der Waals surface area contributed by atoms with E-state index >= 15 is 0 Å². The van der Waals surface area contributed by atoms with E-state index in [-0.39, 0.29) is 5.41 Å². The van der Waals surface area contributed by atoms with Gasteiger partial charge in [-0.25, -0.2) is 4.79 Å². The molecule has 1 N–H and O–H groups in total. The quantitative estimate of drug-likeness (QED) is 0.868. The Labute approximate surface area is 102 Å². The lowest BCUT2D eigenvalue weighted by molar-refractivity contribution is 0.0696. The number of carbonyl (C=O) groups is 1. The van der Waals surface area contributed by atoms with Crippen LogP contribution in [0.1, 0.15) is 36.2 Å². The minimum Gasteiger partial charge on any atom is -0.478 e. The van der Waals surface area contributed by atoms with Crippen LogP contribution in [-0.2, 0) is 5.41 Å². The molecule has 1 aromatic carbocycles. The van der Waals surface area contributed by atoms with Crippen LogP contribution in [0.4, 0.5) is 0 Å². The van der Waals surface area contributed by atoms with Gasteiger partial charge in [-0.1, -0.05) is 26.0 Å². The SMILES string of the molecule is CC(C)(CN1CCC1)c1cccc(C(=O)O)c1. The zero-order chi connectivity index (χ0) is 12.5. The van der Waals surface area contributed by atoms with Gasteiger partial charge in [-0.3, -0.25) is 0 Å². The van der Waals surface area contributed by atoms with Crippen LogP contribution in [0.3, 0.4) is 0 Å². The van der Waals surface area contributed by atoms with Crippen LogP contribution in [0.2, 0.25) is 0 Å². The van der Waals surface area contributed by atoms with E-state index in [1.807, 2.05) is 12.1 Å². The molecule has 3 nitrogen and oxygen atoms in total. The maximum Gasteiger partial charge on any atom is 0.335 e. The minimum atomic E-state index is -0.855. The van der Waals surface area contributed by atoms with E-state index in [2.05, 4.69) is 18.7 Å². The number of nitrogens with zero attached hydrogens (tertiary/aromatic N) is 1. The third-order valence-electron chi connectivity index (χ3n) is 3.46. The van der Waals surface area contributed by atoms with Crippen LogP contribution >= 0.6 is 0 Å². The summed E-state index contributed by atoms with van der Waals surface area (Å²) < 4.78 is 0. The molecular weight excluding hydrogens is 214 g/mol. The van der Waals surface area contributed by atoms with Gasteiger partial charge in [0.2, 0.25) is 0 Å². The van der Waals surface area contributed by atoms with Gasteiger partial charge in [0.15, 0.2) is 0 Å². The second kappa shape index (κ2) is 4.49. The van der Waals surface area contributed by atoms with Crippen molar-refractivity contribution in [2.75, 3.05) is 19.6 Å². The first-order valence-electron chi connectivity index (χ1n) is 6.05. The van der Waals surface area contributed by atoms with Crippen molar-refractivity contribution < 1.29 is 9.90 Å². The first-order chi connectivity index (χ1) is 7.99. The largest absolute Gasteiger partial charge is 0.478 e. The lowest BCUT2D eigenvalue weighted by atomic mass is 9.82. The minimum absolute atomic E-state index is 0.00583. The van der Waals surface area contributed by atoms with Gasteiger partial charge in [0, 0.05) is 12.0 Å². The number of likely N-dealkylation sites (tertiary alicyclic amines) is 1. The average Bonchev–Trinajstić information content (AvgIpc) is 2.24. The van der Waals surface area contributed by atoms with Gasteiger partial charge in [0.1, 0.15) is 0 Å². The molecule has 0 aliphatic carbocycles. The van der Waals surface area contributed by atoms with Gasteiger partial charge in [-0.15, -0.1) is 0 Å². The highest BCUT2D eigenvalue weighted by molar-refractivity contribution is 5.87. The molecule has 0 amide bonds. The van der Waals surface area contributed by atoms with Crippen LogP contribution in [0.25, 0.3) is 0 Å². The maximum atomic E-state index is 11.0. The smallest absolute Gasteiger partial charge is 0.335 e. The molecule has 1 saturated heterocycles. The van der Waals surface area contributed by atoms with Gasteiger partial charge in [0.25, 0.3) is 0 Å². The van der Waals surface area contributed by atoms with Crippen LogP contribution < -0.4 is 0 Å². The Morgan fingerprint density at radius 2 is 2.12 bits per heavy atom. The van der Waals surface area contributed by atoms with Gasteiger partial charge in [-0.05, 0) is 37.2 Å². The lowest BCUT2D eigenvalue weighted by Gasteiger charge is -2.38. The van der Waals surface area contributed by atoms with E-state index in [0.717, 1.165) is 12.1 Å². The molecule has 0 bridgehead atoms. The predicted molar refractivity (Wildman–Crippen MR) is 67.5 cm³/mol. The molecule has 0 spiro atoms. The fourth-order valence-corrected chi connectivity index (χ4v) is 2.26. The molecule has 1 aliphatic heterocycles. The highest BCUT2D eigenvalue weighted by atomic mass is 16.4. The molecule has 2 rings (SSSR count). The first-order valence-corrected chi connectivity index (χ1v) is 6.05. The lowest BCUT2D eigenvalue weighted by Crippen LogP contribution is -2.44. The molecule has 0 saturated carbocycles. The number of hydrogen-bond donors (Lipinski definition) is 1. The summed E-state index contributed by atoms with van der Waals surface area (Å²) >= 11 is 0. The third kappa shape index (κ3) is 2.67. The maximum absolute atomic E-state index is 11.0. The zero-order valence-corrected chi connectivity index (χ0v) is 10.4. The van der Waals surface area contributed by atoms with Crippen molar-refractivity contribution in [1.82, 2.24) is 4.90 Å². The summed E-state index contributed by atoms with van der Waals surface area (Å²) in [6, 6.07) is 7.29. The van der Waals surface area contributed by atoms with Crippen molar-refractivity contribution in [1.29, 1.82) is 0 Å². The Bertz CT molecular complexity index is 422. The molecule has 1 heterocycles. The van der Waals surface area contributed by atoms with Crippen LogP contribution in [0.15, 0.2) is 24.3 Å². The van der Waals surface area contributed by atoms with Crippen molar-refractivity contribution >= 4 is 5.97 Å². The predicted octanol–water partition coefficient (Wildman–Crippen LogP) is 2.37. The molecular formula is C14H19NO2. The topological polar surface area (TPSA) is 40.5 Å². The summed E-state index contributed by atoms with van der Waals surface area (Å²) in [5.74, 6) is -0.855. The van der Waals surface area contributed by atoms with Crippen molar-refractivity contribution in [2.24, 2.45) is 0 Å². The monoisotopic (exact) mass is 233 g/mol. The molecule has 1 aliphatic rings. The van der Waals surface area contributed by atoms with Crippen LogP contribution in [0.5, 0.6) is 0 Å². The Balaban J connectivity index is 2.18. The molecule has 0 unspecified atom stereocenters. The molecule has 0 aromatic heterocycles. The third-order valence-corrected chi connectivity index (χ3v) is 3.46. The second-order valence-electron chi connectivity index (χ2n) is 5.40. The summed E-state index contributed by atoms with van der Waals surface area (Å²) in [4.78, 5) is 13.4. The number of aromatic carboxylic acids is 1. The van der Waals surface area contributed by atoms with Crippen molar-refractivity contribution in [2.45, 2.75) is 25.7 Å². The van der Waals surface area contributed by atoms with Gasteiger partial charge in [-0.2, -0.15) is 0 Å². The van der Waals surface area contributed by atoms with E-state index in [4.69, 9.17) is 5.11 Å². The normalized spacial score (nSPS) is 16.6. The molecule has 0 radical (unpaired) electrons. The standard InChI is InChI=1S/C14H19NO2/c1-14(2,10-15-7-4-8-15)12-6-3-5-11(9-12)13(16)17/h3,5-6,9H,4,7-8,10H2,1-2H3,(H,16,17). The van der Waals surface area contributed by atoms with Crippen LogP contribution in [-0.4, -0.2) is 35.6 Å². The van der Waals surface area contributed by atoms with Gasteiger partial charge in [0.05, 0.1) is 5.56 Å². The number of hydrogen-bond acceptors (Lipinski definition) is 2. The Hall–Kier alpha value is -1.35. The number of benzene rings is 1. The summed E-state index contributed by atoms with van der Waals surface area (Å²) in [5, 5.41) is 9.00. The number of carboxylic acids is 1. The van der Waals surface area contributed by atoms with Crippen molar-refractivity contribution in [3.05, 3.63) is 35.4 Å². The first kappa shape index (κ1) is 12.1. The van der Waals surface area contributed by atoms with Crippen LogP contribution in [0, 0.1) is 0 Å². The van der Waals surface area contributed by atoms with Gasteiger partial charge >= 0.3 is 5.97 Å². The zero-order valence-electron chi connectivity index (χ0n) is 10.4. The van der Waals surface area contributed by atoms with E-state index in [1.165, 1.54) is 19.5 Å². The molecule has 17 heavy (non-hydrogen) atoms. The highest BCUT2D eigenvalue weighted by Crippen LogP contribution is 2.26. The summed E-state index contributed by atoms with van der Waals surface area (Å²) in [6.07, 6.45) is 1.28. The van der Waals surface area contributed by atoms with E-state index in [1.54, 1.807) is 12.1 Å². The molecule has 1 aromatic rings. The number of carboxylic acid groups (broad SMARTS) is 1. The Morgan fingerprint density at radius 3 is 2.65 bits per heavy atom. The molecule has 92 valence electrons. The second-order valence-corrected chi connectivity index (χ2v) is 5.40. The summed E-state index contributed by atoms with van der Waals surface area (Å²) in [5.41, 5.74) is 1.48. The van der Waals surface area contributed by atoms with E-state index in [0.29, 0.717) is 5.56 Å². The summed E-state index contributed by atoms with van der Waals surface area (Å²) in [6.45, 7) is 7.68. The Kier molecular flexibility index (Phi) is 3.20. The van der Waals surface area contributed by atoms with Crippen molar-refractivity contribution in [3.8, 4) is 0 Å². The van der Waals surface area contributed by atoms with E-state index in [9.17, 15) is 4.79 Å². The molecule has 1 fully saturated rings. The van der Waals surface area contributed by atoms with E-state index < -0.39 is 5.97 Å². The fraction of sp³-hybridized carbons (Fsp3) is 0.500. The van der Waals surface area contributed by atoms with Gasteiger partial charge < -0.3 is 10.0 Å². The average molecular weight is 233 g/mol. The molecule has 3 heteroatoms. The highest BCUT2D eigenvalue weighted by Gasteiger charge is 2.27. The molecule has 0 atom stereocenters. The fourth-order valence-electron chi connectivity index (χ4n) is 2.26. The number of rotatable bonds is 4. The van der Waals surface area contributed by atoms with Crippen molar-refractivity contribution in [3.63, 3.8) is 0 Å².